The average Bonchev–Trinajstić information content (AvgIpc) is 3.11. The van der Waals surface area contributed by atoms with E-state index in [9.17, 15) is 14.9 Å². The number of nitriles is 1. The summed E-state index contributed by atoms with van der Waals surface area (Å²) in [6.07, 6.45) is 1.68. The summed E-state index contributed by atoms with van der Waals surface area (Å²) >= 11 is 3.13. The van der Waals surface area contributed by atoms with Gasteiger partial charge in [0.05, 0.1) is 30.2 Å². The van der Waals surface area contributed by atoms with Crippen LogP contribution in [0.25, 0.3) is 6.08 Å². The van der Waals surface area contributed by atoms with Crippen molar-refractivity contribution in [1.29, 1.82) is 5.26 Å². The molecule has 0 unspecified atom stereocenters. The van der Waals surface area contributed by atoms with Crippen molar-refractivity contribution in [3.63, 3.8) is 0 Å². The summed E-state index contributed by atoms with van der Waals surface area (Å²) in [7, 11) is 1.53. The number of carbonyl (C=O) groups is 2. The monoisotopic (exact) mass is 582 g/mol. The number of carbonyl (C=O) groups excluding carboxylic acids is 2. The number of nitrogens with zero attached hydrogens (tertiary/aromatic N) is 2. The Morgan fingerprint density at radius 2 is 1.82 bits per heavy atom. The Labute approximate surface area is 215 Å². The van der Waals surface area contributed by atoms with Crippen LogP contribution in [-0.4, -0.2) is 23.2 Å². The van der Waals surface area contributed by atoms with Crippen molar-refractivity contribution in [2.45, 2.75) is 13.2 Å². The lowest BCUT2D eigenvalue weighted by Crippen LogP contribution is -2.27. The Balaban J connectivity index is 1.49. The van der Waals surface area contributed by atoms with Crippen LogP contribution in [0.1, 0.15) is 22.3 Å². The predicted octanol–water partition coefficient (Wildman–Crippen LogP) is 5.99. The van der Waals surface area contributed by atoms with E-state index in [-0.39, 0.29) is 24.3 Å². The molecule has 0 aromatic heterocycles. The van der Waals surface area contributed by atoms with Crippen LogP contribution in [0.2, 0.25) is 0 Å². The minimum Gasteiger partial charge on any atom is -0.493 e. The van der Waals surface area contributed by atoms with E-state index >= 15 is 0 Å². The summed E-state index contributed by atoms with van der Waals surface area (Å²) in [5, 5.41) is 8.95. The van der Waals surface area contributed by atoms with Crippen molar-refractivity contribution >= 4 is 51.6 Å². The quantitative estimate of drug-likeness (QED) is 0.252. The fourth-order valence-corrected chi connectivity index (χ4v) is 4.56. The molecule has 1 aliphatic rings. The van der Waals surface area contributed by atoms with Crippen LogP contribution in [0.5, 0.6) is 11.5 Å². The van der Waals surface area contributed by atoms with Crippen molar-refractivity contribution in [2.75, 3.05) is 7.11 Å². The lowest BCUT2D eigenvalue weighted by molar-refractivity contribution is -0.123. The van der Waals surface area contributed by atoms with Gasteiger partial charge in [0.1, 0.15) is 6.61 Å². The molecule has 0 radical (unpaired) electrons. The molecule has 8 heteroatoms. The topological polar surface area (TPSA) is 79.6 Å². The summed E-state index contributed by atoms with van der Waals surface area (Å²) < 4.78 is 12.4. The molecule has 2 amide bonds. The normalized spacial score (nSPS) is 14.4. The van der Waals surface area contributed by atoms with E-state index in [4.69, 9.17) is 9.47 Å². The molecular weight excluding hydrogens is 563 g/mol. The van der Waals surface area contributed by atoms with Gasteiger partial charge in [0.15, 0.2) is 11.5 Å². The first-order valence-corrected chi connectivity index (χ1v) is 12.2. The van der Waals surface area contributed by atoms with Crippen molar-refractivity contribution in [3.8, 4) is 17.6 Å². The molecule has 0 saturated carbocycles. The molecule has 6 nitrogen and oxygen atoms in total. The number of hydrogen-bond donors (Lipinski definition) is 0. The van der Waals surface area contributed by atoms with Crippen LogP contribution >= 0.6 is 34.4 Å². The first-order valence-electron chi connectivity index (χ1n) is 10.3. The molecule has 0 atom stereocenters. The fourth-order valence-electron chi connectivity index (χ4n) is 3.36. The maximum Gasteiger partial charge on any atom is 0.293 e. The third-order valence-electron chi connectivity index (χ3n) is 5.13. The number of benzene rings is 3. The molecule has 0 aliphatic carbocycles. The van der Waals surface area contributed by atoms with Crippen LogP contribution in [0.3, 0.4) is 0 Å². The molecule has 170 valence electrons. The number of halogens is 1. The zero-order valence-corrected chi connectivity index (χ0v) is 21.1. The zero-order chi connectivity index (χ0) is 24.1. The fraction of sp³-hybridized carbons (Fsp3) is 0.115. The van der Waals surface area contributed by atoms with Gasteiger partial charge in [0.2, 0.25) is 0 Å². The minimum atomic E-state index is -0.319. The molecule has 0 N–H and O–H groups in total. The van der Waals surface area contributed by atoms with E-state index in [1.807, 2.05) is 36.4 Å². The summed E-state index contributed by atoms with van der Waals surface area (Å²) in [6.45, 7) is 0.454. The van der Waals surface area contributed by atoms with E-state index < -0.39 is 0 Å². The first kappa shape index (κ1) is 23.9. The van der Waals surface area contributed by atoms with Crippen LogP contribution in [0.15, 0.2) is 71.6 Å². The summed E-state index contributed by atoms with van der Waals surface area (Å²) in [5.41, 5.74) is 2.93. The van der Waals surface area contributed by atoms with Crippen LogP contribution < -0.4 is 9.47 Å². The standard InChI is InChI=1S/C26H19IN2O4S/c1-32-23-12-18(8-11-22(23)33-16-20-5-3-2-4-19(20)14-28)13-24-25(30)29(26(31)34-24)15-17-6-9-21(27)10-7-17/h2-13H,15-16H2,1H3/b24-13-. The summed E-state index contributed by atoms with van der Waals surface area (Å²) in [4.78, 5) is 26.9. The highest BCUT2D eigenvalue weighted by molar-refractivity contribution is 14.1. The van der Waals surface area contributed by atoms with Gasteiger partial charge in [-0.25, -0.2) is 0 Å². The van der Waals surface area contributed by atoms with Gasteiger partial charge in [0, 0.05) is 9.13 Å². The number of amides is 2. The van der Waals surface area contributed by atoms with Crippen LogP contribution in [-0.2, 0) is 17.9 Å². The van der Waals surface area contributed by atoms with Crippen molar-refractivity contribution in [3.05, 3.63) is 97.5 Å². The number of ether oxygens (including phenoxy) is 2. The van der Waals surface area contributed by atoms with Crippen molar-refractivity contribution < 1.29 is 19.1 Å². The lowest BCUT2D eigenvalue weighted by Gasteiger charge is -2.13. The number of imide groups is 1. The highest BCUT2D eigenvalue weighted by Gasteiger charge is 2.35. The van der Waals surface area contributed by atoms with Gasteiger partial charge in [-0.15, -0.1) is 0 Å². The lowest BCUT2D eigenvalue weighted by atomic mass is 10.1. The molecule has 1 heterocycles. The SMILES string of the molecule is COc1cc(/C=C2\SC(=O)N(Cc3ccc(I)cc3)C2=O)ccc1OCc1ccccc1C#N. The van der Waals surface area contributed by atoms with Gasteiger partial charge in [-0.2, -0.15) is 5.26 Å². The highest BCUT2D eigenvalue weighted by Crippen LogP contribution is 2.35. The van der Waals surface area contributed by atoms with Crippen molar-refractivity contribution in [2.24, 2.45) is 0 Å². The van der Waals surface area contributed by atoms with Crippen LogP contribution in [0, 0.1) is 14.9 Å². The third-order valence-corrected chi connectivity index (χ3v) is 6.76. The Bertz CT molecular complexity index is 1320. The molecule has 0 bridgehead atoms. The van der Waals surface area contributed by atoms with Gasteiger partial charge in [-0.05, 0) is 81.9 Å². The molecule has 1 fully saturated rings. The van der Waals surface area contributed by atoms with Gasteiger partial charge < -0.3 is 9.47 Å². The molecule has 0 spiro atoms. The first-order chi connectivity index (χ1) is 16.5. The highest BCUT2D eigenvalue weighted by atomic mass is 127. The Kier molecular flexibility index (Phi) is 7.55. The van der Waals surface area contributed by atoms with Gasteiger partial charge in [0.25, 0.3) is 11.1 Å². The average molecular weight is 582 g/mol. The Morgan fingerprint density at radius 3 is 2.56 bits per heavy atom. The molecule has 4 rings (SSSR count). The molecule has 1 saturated heterocycles. The van der Waals surface area contributed by atoms with Gasteiger partial charge >= 0.3 is 0 Å². The van der Waals surface area contributed by atoms with E-state index in [2.05, 4.69) is 28.7 Å². The second kappa shape index (κ2) is 10.8. The Hall–Kier alpha value is -3.29. The third kappa shape index (κ3) is 5.43. The number of hydrogen-bond acceptors (Lipinski definition) is 6. The molecule has 1 aliphatic heterocycles. The predicted molar refractivity (Wildman–Crippen MR) is 139 cm³/mol. The molecule has 3 aromatic carbocycles. The van der Waals surface area contributed by atoms with E-state index in [0.717, 1.165) is 26.5 Å². The number of thioether (sulfide) groups is 1. The van der Waals surface area contributed by atoms with Gasteiger partial charge in [-0.1, -0.05) is 36.4 Å². The molecule has 34 heavy (non-hydrogen) atoms. The smallest absolute Gasteiger partial charge is 0.293 e. The minimum absolute atomic E-state index is 0.219. The summed E-state index contributed by atoms with van der Waals surface area (Å²) in [5.74, 6) is 0.682. The number of rotatable bonds is 7. The maximum absolute atomic E-state index is 12.9. The second-order valence-corrected chi connectivity index (χ2v) is 9.60. The Morgan fingerprint density at radius 1 is 1.06 bits per heavy atom. The van der Waals surface area contributed by atoms with E-state index in [0.29, 0.717) is 27.5 Å². The van der Waals surface area contributed by atoms with Gasteiger partial charge in [-0.3, -0.25) is 14.5 Å². The molecular formula is C26H19IN2O4S. The van der Waals surface area contributed by atoms with E-state index in [1.165, 1.54) is 12.0 Å². The maximum atomic E-state index is 12.9. The van der Waals surface area contributed by atoms with Crippen LogP contribution in [0.4, 0.5) is 4.79 Å². The van der Waals surface area contributed by atoms with Crippen molar-refractivity contribution in [1.82, 2.24) is 4.90 Å². The molecule has 3 aromatic rings. The van der Waals surface area contributed by atoms with E-state index in [1.54, 1.807) is 36.4 Å². The number of methoxy groups -OCH3 is 1. The largest absolute Gasteiger partial charge is 0.493 e. The second-order valence-electron chi connectivity index (χ2n) is 7.36. The zero-order valence-electron chi connectivity index (χ0n) is 18.2. The summed E-state index contributed by atoms with van der Waals surface area (Å²) in [6, 6.07) is 22.4.